The first kappa shape index (κ1) is 15.6. The zero-order valence-electron chi connectivity index (χ0n) is 11.3. The highest BCUT2D eigenvalue weighted by atomic mass is 35.5. The van der Waals surface area contributed by atoms with Crippen LogP contribution in [-0.2, 0) is 11.3 Å². The van der Waals surface area contributed by atoms with E-state index in [0.29, 0.717) is 23.7 Å². The number of hydrogen-bond donors (Lipinski definition) is 2. The average Bonchev–Trinajstić information content (AvgIpc) is 2.75. The van der Waals surface area contributed by atoms with Crippen LogP contribution in [-0.4, -0.2) is 27.6 Å². The number of carbonyl (C=O) groups excluding carboxylic acids is 1. The van der Waals surface area contributed by atoms with Gasteiger partial charge in [-0.05, 0) is 18.9 Å². The maximum Gasteiger partial charge on any atom is 0.326 e. The largest absolute Gasteiger partial charge is 0.480 e. The molecule has 6 heteroatoms. The summed E-state index contributed by atoms with van der Waals surface area (Å²) in [5.74, 6) is -1.58. The van der Waals surface area contributed by atoms with Gasteiger partial charge in [-0.15, -0.1) is 0 Å². The lowest BCUT2D eigenvalue weighted by Gasteiger charge is -2.20. The molecule has 1 heterocycles. The Kier molecular flexibility index (Phi) is 5.42. The zero-order valence-corrected chi connectivity index (χ0v) is 12.1. The number of nitrogens with zero attached hydrogens (tertiary/aromatic N) is 1. The minimum atomic E-state index is -1.02. The Labute approximate surface area is 117 Å². The first-order chi connectivity index (χ1) is 8.90. The fourth-order valence-electron chi connectivity index (χ4n) is 1.83. The second-order valence-electron chi connectivity index (χ2n) is 4.50. The van der Waals surface area contributed by atoms with E-state index >= 15 is 0 Å². The van der Waals surface area contributed by atoms with Gasteiger partial charge in [-0.2, -0.15) is 0 Å². The van der Waals surface area contributed by atoms with Gasteiger partial charge in [0.15, 0.2) is 0 Å². The van der Waals surface area contributed by atoms with Gasteiger partial charge < -0.3 is 15.0 Å². The highest BCUT2D eigenvalue weighted by molar-refractivity contribution is 6.31. The van der Waals surface area contributed by atoms with Crippen LogP contribution in [0.2, 0.25) is 5.02 Å². The first-order valence-corrected chi connectivity index (χ1v) is 6.67. The summed E-state index contributed by atoms with van der Waals surface area (Å²) in [4.78, 5) is 23.3. The van der Waals surface area contributed by atoms with Gasteiger partial charge in [0, 0.05) is 12.7 Å². The van der Waals surface area contributed by atoms with Crippen molar-refractivity contribution in [2.45, 2.75) is 39.8 Å². The molecule has 2 N–H and O–H groups in total. The van der Waals surface area contributed by atoms with E-state index < -0.39 is 17.9 Å². The van der Waals surface area contributed by atoms with E-state index in [1.165, 1.54) is 6.07 Å². The number of aromatic nitrogens is 1. The van der Waals surface area contributed by atoms with Crippen molar-refractivity contribution in [2.24, 2.45) is 5.92 Å². The van der Waals surface area contributed by atoms with Gasteiger partial charge in [-0.25, -0.2) is 4.79 Å². The van der Waals surface area contributed by atoms with Crippen molar-refractivity contribution in [3.63, 3.8) is 0 Å². The highest BCUT2D eigenvalue weighted by Crippen LogP contribution is 2.15. The number of carboxylic acid groups (broad SMARTS) is 1. The van der Waals surface area contributed by atoms with Crippen LogP contribution in [0, 0.1) is 5.92 Å². The lowest BCUT2D eigenvalue weighted by atomic mass is 9.99. The quantitative estimate of drug-likeness (QED) is 0.843. The van der Waals surface area contributed by atoms with Gasteiger partial charge in [0.2, 0.25) is 0 Å². The molecule has 1 amide bonds. The van der Waals surface area contributed by atoms with E-state index in [2.05, 4.69) is 5.32 Å². The molecule has 0 aliphatic rings. The number of aryl methyl sites for hydroxylation is 1. The minimum absolute atomic E-state index is 0.137. The summed E-state index contributed by atoms with van der Waals surface area (Å²) in [5.41, 5.74) is 0.377. The average molecular weight is 287 g/mol. The number of nitrogens with one attached hydrogen (secondary N) is 1. The molecule has 1 aromatic rings. The van der Waals surface area contributed by atoms with Gasteiger partial charge in [-0.3, -0.25) is 4.79 Å². The molecular weight excluding hydrogens is 268 g/mol. The molecule has 106 valence electrons. The maximum absolute atomic E-state index is 12.1. The van der Waals surface area contributed by atoms with E-state index in [1.807, 2.05) is 13.8 Å². The molecule has 0 aromatic carbocycles. The second-order valence-corrected chi connectivity index (χ2v) is 4.94. The summed E-state index contributed by atoms with van der Waals surface area (Å²) in [6.07, 6.45) is 2.32. The minimum Gasteiger partial charge on any atom is -0.480 e. The van der Waals surface area contributed by atoms with Crippen LogP contribution in [0.25, 0.3) is 0 Å². The van der Waals surface area contributed by atoms with Gasteiger partial charge in [0.1, 0.15) is 11.7 Å². The molecule has 1 aromatic heterocycles. The molecule has 0 saturated heterocycles. The smallest absolute Gasteiger partial charge is 0.326 e. The number of amides is 1. The third-order valence-corrected chi connectivity index (χ3v) is 3.41. The Morgan fingerprint density at radius 3 is 2.58 bits per heavy atom. The number of carbonyl (C=O) groups is 2. The topological polar surface area (TPSA) is 71.3 Å². The van der Waals surface area contributed by atoms with Crippen molar-refractivity contribution in [3.05, 3.63) is 23.0 Å². The second kappa shape index (κ2) is 6.61. The monoisotopic (exact) mass is 286 g/mol. The predicted octanol–water partition coefficient (Wildman–Crippen LogP) is 2.39. The fourth-order valence-corrected chi connectivity index (χ4v) is 2.05. The molecule has 1 unspecified atom stereocenters. The van der Waals surface area contributed by atoms with Gasteiger partial charge >= 0.3 is 5.97 Å². The van der Waals surface area contributed by atoms with Crippen LogP contribution < -0.4 is 5.32 Å². The Balaban J connectivity index is 2.90. The molecule has 0 aliphatic heterocycles. The molecule has 5 nitrogen and oxygen atoms in total. The van der Waals surface area contributed by atoms with Crippen molar-refractivity contribution in [2.75, 3.05) is 0 Å². The molecular formula is C13H19ClN2O3. The molecule has 2 atom stereocenters. The van der Waals surface area contributed by atoms with E-state index in [-0.39, 0.29) is 5.92 Å². The van der Waals surface area contributed by atoms with E-state index in [1.54, 1.807) is 17.7 Å². The van der Waals surface area contributed by atoms with Gasteiger partial charge in [0.25, 0.3) is 5.91 Å². The summed E-state index contributed by atoms with van der Waals surface area (Å²) in [6.45, 7) is 6.16. The third-order valence-electron chi connectivity index (χ3n) is 3.20. The molecule has 0 fully saturated rings. The number of halogens is 1. The Morgan fingerprint density at radius 2 is 2.11 bits per heavy atom. The molecule has 0 aliphatic carbocycles. The van der Waals surface area contributed by atoms with Crippen LogP contribution >= 0.6 is 11.6 Å². The van der Waals surface area contributed by atoms with Crippen molar-refractivity contribution in [3.8, 4) is 0 Å². The fraction of sp³-hybridized carbons (Fsp3) is 0.538. The zero-order chi connectivity index (χ0) is 14.6. The summed E-state index contributed by atoms with van der Waals surface area (Å²) in [5, 5.41) is 12.2. The number of hydrogen-bond acceptors (Lipinski definition) is 2. The number of rotatable bonds is 6. The molecule has 0 spiro atoms. The van der Waals surface area contributed by atoms with Crippen LogP contribution in [0.4, 0.5) is 0 Å². The lowest BCUT2D eigenvalue weighted by Crippen LogP contribution is -2.45. The first-order valence-electron chi connectivity index (χ1n) is 6.30. The molecule has 1 rings (SSSR count). The predicted molar refractivity (Wildman–Crippen MR) is 73.5 cm³/mol. The summed E-state index contributed by atoms with van der Waals surface area (Å²) >= 11 is 5.86. The van der Waals surface area contributed by atoms with Gasteiger partial charge in [-0.1, -0.05) is 31.9 Å². The van der Waals surface area contributed by atoms with Crippen LogP contribution in [0.3, 0.4) is 0 Å². The Hall–Kier alpha value is -1.49. The Bertz CT molecular complexity index is 470. The standard InChI is InChI=1S/C13H19ClN2O3/c1-4-8(3)11(13(18)19)15-12(17)10-6-9(14)7-16(10)5-2/h6-8,11H,4-5H2,1-3H3,(H,15,17)(H,18,19)/t8?,11-/m0/s1. The molecule has 0 radical (unpaired) electrons. The number of carboxylic acids is 1. The lowest BCUT2D eigenvalue weighted by molar-refractivity contribution is -0.140. The van der Waals surface area contributed by atoms with Gasteiger partial charge in [0.05, 0.1) is 5.02 Å². The maximum atomic E-state index is 12.1. The van der Waals surface area contributed by atoms with Crippen molar-refractivity contribution < 1.29 is 14.7 Å². The van der Waals surface area contributed by atoms with Crippen LogP contribution in [0.15, 0.2) is 12.3 Å². The Morgan fingerprint density at radius 1 is 1.47 bits per heavy atom. The molecule has 19 heavy (non-hydrogen) atoms. The third kappa shape index (κ3) is 3.73. The van der Waals surface area contributed by atoms with E-state index in [4.69, 9.17) is 16.7 Å². The van der Waals surface area contributed by atoms with Crippen LogP contribution in [0.1, 0.15) is 37.7 Å². The van der Waals surface area contributed by atoms with Crippen LogP contribution in [0.5, 0.6) is 0 Å². The van der Waals surface area contributed by atoms with Crippen molar-refractivity contribution >= 4 is 23.5 Å². The number of aliphatic carboxylic acids is 1. The molecule has 0 saturated carbocycles. The molecule has 0 bridgehead atoms. The summed E-state index contributed by atoms with van der Waals surface area (Å²) < 4.78 is 1.69. The van der Waals surface area contributed by atoms with Crippen molar-refractivity contribution in [1.82, 2.24) is 9.88 Å². The highest BCUT2D eigenvalue weighted by Gasteiger charge is 2.26. The van der Waals surface area contributed by atoms with Crippen molar-refractivity contribution in [1.29, 1.82) is 0 Å². The van der Waals surface area contributed by atoms with E-state index in [9.17, 15) is 9.59 Å². The van der Waals surface area contributed by atoms with E-state index in [0.717, 1.165) is 0 Å². The summed E-state index contributed by atoms with van der Waals surface area (Å²) in [6, 6.07) is 0.645. The SMILES string of the molecule is CCC(C)[C@H](NC(=O)c1cc(Cl)cn1CC)C(=O)O. The normalized spacial score (nSPS) is 13.9. The summed E-state index contributed by atoms with van der Waals surface area (Å²) in [7, 11) is 0.